The fraction of sp³-hybridized carbons (Fsp3) is 0.231. The summed E-state index contributed by atoms with van der Waals surface area (Å²) in [5, 5.41) is 0.597. The summed E-state index contributed by atoms with van der Waals surface area (Å²) in [4.78, 5) is 29.4. The van der Waals surface area contributed by atoms with Crippen molar-refractivity contribution in [1.29, 1.82) is 0 Å². The predicted octanol–water partition coefficient (Wildman–Crippen LogP) is 5.56. The molecule has 5 rings (SSSR count). The van der Waals surface area contributed by atoms with Crippen molar-refractivity contribution in [3.8, 4) is 11.5 Å². The number of piperazine rings is 1. The summed E-state index contributed by atoms with van der Waals surface area (Å²) in [5.74, 6) is -0.426. The van der Waals surface area contributed by atoms with Crippen LogP contribution in [0, 0.1) is 0 Å². The number of benzene rings is 1. The van der Waals surface area contributed by atoms with Crippen LogP contribution in [-0.4, -0.2) is 46.9 Å². The van der Waals surface area contributed by atoms with E-state index in [1.807, 2.05) is 0 Å². The first-order chi connectivity index (χ1) is 17.8. The highest BCUT2D eigenvalue weighted by molar-refractivity contribution is 6.32. The third kappa shape index (κ3) is 5.43. The number of rotatable bonds is 6. The van der Waals surface area contributed by atoms with Crippen molar-refractivity contribution in [3.05, 3.63) is 89.0 Å². The molecule has 0 spiro atoms. The first kappa shape index (κ1) is 24.8. The number of aromatic nitrogens is 3. The zero-order valence-corrected chi connectivity index (χ0v) is 20.2. The van der Waals surface area contributed by atoms with Crippen molar-refractivity contribution in [1.82, 2.24) is 15.0 Å². The van der Waals surface area contributed by atoms with Gasteiger partial charge in [0.15, 0.2) is 5.69 Å². The number of carbonyl (C=O) groups excluding carboxylic acids is 1. The van der Waals surface area contributed by atoms with Crippen molar-refractivity contribution in [2.75, 3.05) is 36.0 Å². The molecule has 11 heteroatoms. The van der Waals surface area contributed by atoms with Gasteiger partial charge < -0.3 is 14.2 Å². The van der Waals surface area contributed by atoms with E-state index < -0.39 is 23.4 Å². The van der Waals surface area contributed by atoms with E-state index in [0.717, 1.165) is 5.82 Å². The number of carbonyl (C=O) groups is 1. The van der Waals surface area contributed by atoms with E-state index in [1.165, 1.54) is 6.20 Å². The third-order valence-electron chi connectivity index (χ3n) is 5.99. The molecule has 0 N–H and O–H groups in total. The minimum absolute atomic E-state index is 0.254. The van der Waals surface area contributed by atoms with Gasteiger partial charge in [0.1, 0.15) is 11.6 Å². The Morgan fingerprint density at radius 1 is 0.946 bits per heavy atom. The number of pyridine rings is 2. The Hall–Kier alpha value is -3.92. The van der Waals surface area contributed by atoms with E-state index in [4.69, 9.17) is 16.0 Å². The van der Waals surface area contributed by atoms with E-state index in [1.54, 1.807) is 60.8 Å². The van der Waals surface area contributed by atoms with Gasteiger partial charge in [-0.15, -0.1) is 0 Å². The molecule has 1 fully saturated rings. The van der Waals surface area contributed by atoms with E-state index in [2.05, 4.69) is 24.8 Å². The lowest BCUT2D eigenvalue weighted by molar-refractivity contribution is -0.141. The number of nitrogens with zero attached hydrogens (tertiary/aromatic N) is 5. The first-order valence-corrected chi connectivity index (χ1v) is 11.9. The Bertz CT molecular complexity index is 1390. The highest BCUT2D eigenvalue weighted by Gasteiger charge is 2.41. The fourth-order valence-corrected chi connectivity index (χ4v) is 4.38. The smallest absolute Gasteiger partial charge is 0.432 e. The molecule has 0 amide bonds. The van der Waals surface area contributed by atoms with Crippen LogP contribution in [0.25, 0.3) is 11.5 Å². The average molecular weight is 528 g/mol. The highest BCUT2D eigenvalue weighted by Crippen LogP contribution is 2.35. The number of Topliss-reactive ketones (excluding diaryl/α,β-unsaturated/α-hetero) is 1. The second-order valence-corrected chi connectivity index (χ2v) is 8.88. The second kappa shape index (κ2) is 10.2. The topological polar surface area (TPSA) is 75.4 Å². The van der Waals surface area contributed by atoms with E-state index in [0.29, 0.717) is 48.1 Å². The molecule has 0 aliphatic carbocycles. The van der Waals surface area contributed by atoms with E-state index >= 15 is 0 Å². The summed E-state index contributed by atoms with van der Waals surface area (Å²) in [5.41, 5.74) is -0.506. The van der Waals surface area contributed by atoms with Crippen LogP contribution in [0.4, 0.5) is 24.8 Å². The molecular weight excluding hydrogens is 507 g/mol. The van der Waals surface area contributed by atoms with Crippen molar-refractivity contribution in [2.24, 2.45) is 0 Å². The maximum absolute atomic E-state index is 13.6. The van der Waals surface area contributed by atoms with Gasteiger partial charge in [0.25, 0.3) is 0 Å². The molecule has 0 radical (unpaired) electrons. The summed E-state index contributed by atoms with van der Waals surface area (Å²) in [7, 11) is 0. The number of hydrogen-bond acceptors (Lipinski definition) is 7. The van der Waals surface area contributed by atoms with Crippen LogP contribution in [0.1, 0.15) is 21.8 Å². The van der Waals surface area contributed by atoms with Crippen LogP contribution < -0.4 is 9.80 Å². The number of alkyl halides is 3. The van der Waals surface area contributed by atoms with Crippen LogP contribution >= 0.6 is 11.6 Å². The van der Waals surface area contributed by atoms with Gasteiger partial charge in [-0.2, -0.15) is 13.2 Å². The summed E-state index contributed by atoms with van der Waals surface area (Å²) in [6.45, 7) is 2.78. The molecule has 1 aliphatic rings. The number of ketones is 1. The molecule has 3 aromatic heterocycles. The molecule has 4 aromatic rings. The largest absolute Gasteiger partial charge is 0.437 e. The summed E-state index contributed by atoms with van der Waals surface area (Å²) in [6.07, 6.45) is -1.93. The molecule has 190 valence electrons. The van der Waals surface area contributed by atoms with Crippen LogP contribution in [0.15, 0.2) is 71.4 Å². The molecule has 1 aliphatic heterocycles. The maximum atomic E-state index is 13.6. The van der Waals surface area contributed by atoms with Crippen molar-refractivity contribution in [2.45, 2.75) is 12.6 Å². The Balaban J connectivity index is 1.27. The molecular formula is C26H21ClF3N5O2. The standard InChI is InChI=1S/C26H21ClF3N5O2/c27-19-7-4-10-31-24(19)35-13-11-34(12-14-35)21-9-8-17(16-32-21)15-20(36)22-23(26(28,29)30)33-25(37-22)18-5-2-1-3-6-18/h1-10,16H,11-15H2. The molecule has 4 heterocycles. The quantitative estimate of drug-likeness (QED) is 0.304. The van der Waals surface area contributed by atoms with Gasteiger partial charge in [-0.3, -0.25) is 4.79 Å². The van der Waals surface area contributed by atoms with Crippen LogP contribution in [0.5, 0.6) is 0 Å². The number of hydrogen-bond donors (Lipinski definition) is 0. The minimum atomic E-state index is -4.83. The second-order valence-electron chi connectivity index (χ2n) is 8.47. The molecule has 37 heavy (non-hydrogen) atoms. The van der Waals surface area contributed by atoms with Crippen LogP contribution in [0.3, 0.4) is 0 Å². The average Bonchev–Trinajstić information content (AvgIpc) is 3.37. The summed E-state index contributed by atoms with van der Waals surface area (Å²) >= 11 is 6.25. The maximum Gasteiger partial charge on any atom is 0.437 e. The van der Waals surface area contributed by atoms with Crippen molar-refractivity contribution >= 4 is 29.0 Å². The van der Waals surface area contributed by atoms with E-state index in [9.17, 15) is 18.0 Å². The van der Waals surface area contributed by atoms with Crippen molar-refractivity contribution < 1.29 is 22.4 Å². The molecule has 0 unspecified atom stereocenters. The monoisotopic (exact) mass is 527 g/mol. The Morgan fingerprint density at radius 3 is 2.32 bits per heavy atom. The van der Waals surface area contributed by atoms with Gasteiger partial charge in [-0.1, -0.05) is 35.9 Å². The third-order valence-corrected chi connectivity index (χ3v) is 6.28. The van der Waals surface area contributed by atoms with E-state index in [-0.39, 0.29) is 12.3 Å². The summed E-state index contributed by atoms with van der Waals surface area (Å²) < 4.78 is 46.1. The minimum Gasteiger partial charge on any atom is -0.432 e. The lowest BCUT2D eigenvalue weighted by atomic mass is 10.1. The van der Waals surface area contributed by atoms with Crippen LogP contribution in [0.2, 0.25) is 5.02 Å². The van der Waals surface area contributed by atoms with Crippen molar-refractivity contribution in [3.63, 3.8) is 0 Å². The predicted molar refractivity (Wildman–Crippen MR) is 133 cm³/mol. The normalized spacial score (nSPS) is 14.2. The van der Waals surface area contributed by atoms with Crippen LogP contribution in [-0.2, 0) is 12.6 Å². The fourth-order valence-electron chi connectivity index (χ4n) is 4.14. The lowest BCUT2D eigenvalue weighted by Gasteiger charge is -2.36. The first-order valence-electron chi connectivity index (χ1n) is 11.5. The molecule has 7 nitrogen and oxygen atoms in total. The molecule has 1 saturated heterocycles. The molecule has 0 bridgehead atoms. The number of halogens is 4. The SMILES string of the molecule is O=C(Cc1ccc(N2CCN(c3ncccc3Cl)CC2)nc1)c1oc(-c2ccccc2)nc1C(F)(F)F. The van der Waals surface area contributed by atoms with Gasteiger partial charge in [-0.05, 0) is 35.9 Å². The number of anilines is 2. The Kier molecular flexibility index (Phi) is 6.84. The van der Waals surface area contributed by atoms with Gasteiger partial charge in [-0.25, -0.2) is 15.0 Å². The zero-order valence-electron chi connectivity index (χ0n) is 19.5. The van der Waals surface area contributed by atoms with Gasteiger partial charge in [0.2, 0.25) is 17.4 Å². The van der Waals surface area contributed by atoms with Gasteiger partial charge in [0, 0.05) is 50.6 Å². The highest BCUT2D eigenvalue weighted by atomic mass is 35.5. The summed E-state index contributed by atoms with van der Waals surface area (Å²) in [6, 6.07) is 15.2. The van der Waals surface area contributed by atoms with Gasteiger partial charge in [0.05, 0.1) is 5.02 Å². The number of oxazole rings is 1. The Morgan fingerprint density at radius 2 is 1.68 bits per heavy atom. The van der Waals surface area contributed by atoms with Gasteiger partial charge >= 0.3 is 6.18 Å². The molecule has 0 saturated carbocycles. The molecule has 0 atom stereocenters. The zero-order chi connectivity index (χ0) is 26.0. The Labute approximate surface area is 215 Å². The lowest BCUT2D eigenvalue weighted by Crippen LogP contribution is -2.47. The molecule has 1 aromatic carbocycles.